The fourth-order valence-corrected chi connectivity index (χ4v) is 10.1. The molecule has 5 aliphatic heterocycles. The maximum atomic E-state index is 13.1. The Morgan fingerprint density at radius 3 is 2.72 bits per heavy atom. The highest BCUT2D eigenvalue weighted by Crippen LogP contribution is 2.68. The molecule has 11 heteroatoms. The number of rotatable bonds is 1. The zero-order valence-electron chi connectivity index (χ0n) is 12.8. The van der Waals surface area contributed by atoms with Gasteiger partial charge in [0.2, 0.25) is 10.9 Å². The van der Waals surface area contributed by atoms with Gasteiger partial charge in [-0.3, -0.25) is 14.5 Å². The third kappa shape index (κ3) is 1.68. The Balaban J connectivity index is 1.78. The minimum atomic E-state index is -2.97. The van der Waals surface area contributed by atoms with Crippen LogP contribution >= 0.6 is 37.5 Å². The van der Waals surface area contributed by atoms with Crippen LogP contribution in [0.3, 0.4) is 0 Å². The number of hydrogen-bond acceptors (Lipinski definition) is 6. The van der Waals surface area contributed by atoms with Gasteiger partial charge in [0.15, 0.2) is 10.2 Å². The second-order valence-electron chi connectivity index (χ2n) is 6.45. The van der Waals surface area contributed by atoms with Gasteiger partial charge >= 0.3 is 0 Å². The number of carbonyl (C=O) groups is 2. The predicted octanol–water partition coefficient (Wildman–Crippen LogP) is 1.07. The van der Waals surface area contributed by atoms with Crippen LogP contribution in [0, 0.1) is 0 Å². The highest BCUT2D eigenvalue weighted by molar-refractivity contribution is 9.09. The van der Waals surface area contributed by atoms with Crippen molar-refractivity contribution in [2.75, 3.05) is 11.4 Å². The Morgan fingerprint density at radius 1 is 1.28 bits per heavy atom. The number of anilines is 1. The van der Waals surface area contributed by atoms with Crippen LogP contribution in [0.1, 0.15) is 12.0 Å². The van der Waals surface area contributed by atoms with Gasteiger partial charge in [-0.15, -0.1) is 0 Å². The molecule has 0 aromatic heterocycles. The van der Waals surface area contributed by atoms with Crippen LogP contribution < -0.4 is 4.31 Å². The molecule has 5 heterocycles. The molecule has 2 bridgehead atoms. The molecule has 0 aliphatic carbocycles. The second kappa shape index (κ2) is 4.87. The van der Waals surface area contributed by atoms with E-state index in [-0.39, 0.29) is 11.8 Å². The van der Waals surface area contributed by atoms with Crippen molar-refractivity contribution in [2.24, 2.45) is 0 Å². The molecular weight excluding hydrogens is 450 g/mol. The Kier molecular flexibility index (Phi) is 3.17. The maximum absolute atomic E-state index is 13.1. The molecule has 0 unspecified atom stereocenters. The zero-order chi connectivity index (χ0) is 17.7. The molecule has 0 saturated carbocycles. The normalized spacial score (nSPS) is 38.4. The van der Waals surface area contributed by atoms with E-state index in [9.17, 15) is 18.0 Å². The number of thiol groups is 1. The highest BCUT2D eigenvalue weighted by Gasteiger charge is 2.75. The van der Waals surface area contributed by atoms with Crippen molar-refractivity contribution in [1.82, 2.24) is 9.80 Å². The molecule has 6 rings (SSSR count). The van der Waals surface area contributed by atoms with Gasteiger partial charge in [-0.25, -0.2) is 12.7 Å². The monoisotopic (exact) mass is 461 g/mol. The van der Waals surface area contributed by atoms with Crippen LogP contribution in [-0.4, -0.2) is 53.5 Å². The molecule has 0 radical (unpaired) electrons. The minimum Gasteiger partial charge on any atom is -0.322 e. The van der Waals surface area contributed by atoms with Gasteiger partial charge in [0, 0.05) is 13.5 Å². The smallest absolute Gasteiger partial charge is 0.261 e. The van der Waals surface area contributed by atoms with Gasteiger partial charge in [-0.2, -0.15) is 0 Å². The lowest BCUT2D eigenvalue weighted by molar-refractivity contribution is -0.158. The number of fused-ring (bicyclic) bond motifs is 5. The summed E-state index contributed by atoms with van der Waals surface area (Å²) in [6.45, 7) is 0. The number of para-hydroxylation sites is 1. The van der Waals surface area contributed by atoms with Crippen molar-refractivity contribution in [3.05, 3.63) is 29.8 Å². The quantitative estimate of drug-likeness (QED) is 0.382. The van der Waals surface area contributed by atoms with E-state index in [1.165, 1.54) is 35.7 Å². The minimum absolute atomic E-state index is 0.146. The summed E-state index contributed by atoms with van der Waals surface area (Å²) in [5.74, 6) is -0.362. The van der Waals surface area contributed by atoms with E-state index < -0.39 is 31.6 Å². The van der Waals surface area contributed by atoms with Crippen LogP contribution in [0.25, 0.3) is 0 Å². The SMILES string of the molecule is CN1C(=O)[C@@]23C[C@]4(Br)c5ccccc5N([SH](=O)=O)[C@@H]4N2C(=O)[C@@H]1SS3. The van der Waals surface area contributed by atoms with Gasteiger partial charge < -0.3 is 4.90 Å². The Bertz CT molecular complexity index is 918. The average molecular weight is 462 g/mol. The van der Waals surface area contributed by atoms with Gasteiger partial charge in [0.05, 0.1) is 10.0 Å². The van der Waals surface area contributed by atoms with Gasteiger partial charge in [0.25, 0.3) is 11.8 Å². The standard InChI is InChI=1S/C14H12BrN3O4S3/c1-16-10-9(19)17-11-13(15,6-14(17,12(16)20)24-23-10)7-4-2-3-5-8(7)18(11)25(21)22/h2-5,10-11,25H,6H2,1H3/t10-,11-,13-,14-/m0/s1. The van der Waals surface area contributed by atoms with E-state index in [0.29, 0.717) is 12.1 Å². The molecule has 4 atom stereocenters. The summed E-state index contributed by atoms with van der Waals surface area (Å²) in [5, 5.41) is -0.621. The summed E-state index contributed by atoms with van der Waals surface area (Å²) >= 11 is 3.74. The number of alkyl halides is 1. The summed E-state index contributed by atoms with van der Waals surface area (Å²) in [6.07, 6.45) is -0.451. The van der Waals surface area contributed by atoms with Crippen molar-refractivity contribution in [3.8, 4) is 0 Å². The summed E-state index contributed by atoms with van der Waals surface area (Å²) < 4.78 is 24.6. The molecule has 0 N–H and O–H groups in total. The first-order chi connectivity index (χ1) is 11.8. The third-order valence-electron chi connectivity index (χ3n) is 5.28. The number of likely N-dealkylation sites (N-methyl/N-ethyl adjacent to an activating group) is 1. The van der Waals surface area contributed by atoms with Crippen LogP contribution in [0.2, 0.25) is 0 Å². The van der Waals surface area contributed by atoms with Crippen LogP contribution in [-0.2, 0) is 24.8 Å². The highest BCUT2D eigenvalue weighted by atomic mass is 79.9. The summed E-state index contributed by atoms with van der Waals surface area (Å²) in [6, 6.07) is 7.20. The summed E-state index contributed by atoms with van der Waals surface area (Å²) in [5.41, 5.74) is 1.35. The number of amides is 2. The Hall–Kier alpha value is -0.910. The lowest BCUT2D eigenvalue weighted by Crippen LogP contribution is -2.71. The van der Waals surface area contributed by atoms with Crippen LogP contribution in [0.15, 0.2) is 24.3 Å². The zero-order valence-corrected chi connectivity index (χ0v) is 16.9. The Morgan fingerprint density at radius 2 is 2.00 bits per heavy atom. The van der Waals surface area contributed by atoms with E-state index in [1.807, 2.05) is 12.1 Å². The molecule has 7 nitrogen and oxygen atoms in total. The molecule has 25 heavy (non-hydrogen) atoms. The fourth-order valence-electron chi connectivity index (χ4n) is 4.28. The number of nitrogens with zero attached hydrogens (tertiary/aromatic N) is 3. The number of carbonyl (C=O) groups excluding carboxylic acids is 2. The molecule has 132 valence electrons. The second-order valence-corrected chi connectivity index (χ2v) is 11.3. The first kappa shape index (κ1) is 16.3. The van der Waals surface area contributed by atoms with Gasteiger partial charge in [0.1, 0.15) is 6.17 Å². The molecule has 5 aliphatic rings. The van der Waals surface area contributed by atoms with Crippen molar-refractivity contribution >= 4 is 65.9 Å². The van der Waals surface area contributed by atoms with Crippen molar-refractivity contribution in [2.45, 2.75) is 27.2 Å². The van der Waals surface area contributed by atoms with Crippen molar-refractivity contribution in [3.63, 3.8) is 0 Å². The number of hydrogen-bond donors (Lipinski definition) is 1. The molecule has 2 amide bonds. The van der Waals surface area contributed by atoms with Crippen molar-refractivity contribution < 1.29 is 18.0 Å². The van der Waals surface area contributed by atoms with Crippen LogP contribution in [0.5, 0.6) is 0 Å². The van der Waals surface area contributed by atoms with E-state index in [2.05, 4.69) is 15.9 Å². The first-order valence-electron chi connectivity index (χ1n) is 7.50. The molecule has 1 aromatic rings. The van der Waals surface area contributed by atoms with Gasteiger partial charge in [-0.05, 0) is 11.6 Å². The molecule has 4 fully saturated rings. The summed E-state index contributed by atoms with van der Waals surface area (Å²) in [4.78, 5) is 28.0. The average Bonchev–Trinajstić information content (AvgIpc) is 2.98. The number of piperazine rings is 1. The Labute approximate surface area is 161 Å². The van der Waals surface area contributed by atoms with E-state index in [4.69, 9.17) is 0 Å². The molecule has 1 spiro atoms. The topological polar surface area (TPSA) is 78.0 Å². The summed E-state index contributed by atoms with van der Waals surface area (Å²) in [7, 11) is 1.39. The van der Waals surface area contributed by atoms with Crippen molar-refractivity contribution in [1.29, 1.82) is 0 Å². The van der Waals surface area contributed by atoms with E-state index in [1.54, 1.807) is 19.2 Å². The lowest BCUT2D eigenvalue weighted by atomic mass is 9.95. The maximum Gasteiger partial charge on any atom is 0.261 e. The van der Waals surface area contributed by atoms with E-state index in [0.717, 1.165) is 5.56 Å². The fraction of sp³-hybridized carbons (Fsp3) is 0.429. The lowest BCUT2D eigenvalue weighted by Gasteiger charge is -2.53. The molecular formula is C14H12BrN3O4S3. The van der Waals surface area contributed by atoms with E-state index >= 15 is 0 Å². The van der Waals surface area contributed by atoms with Crippen LogP contribution in [0.4, 0.5) is 5.69 Å². The molecule has 1 aromatic carbocycles. The van der Waals surface area contributed by atoms with Gasteiger partial charge in [-0.1, -0.05) is 55.7 Å². The first-order valence-corrected chi connectivity index (χ1v) is 11.6. The third-order valence-corrected chi connectivity index (χ3v) is 10.4. The largest absolute Gasteiger partial charge is 0.322 e. The number of halogens is 1. The predicted molar refractivity (Wildman–Crippen MR) is 99.6 cm³/mol. The number of benzene rings is 1. The molecule has 4 saturated heterocycles.